The molecule has 15 heavy (non-hydrogen) atoms. The highest BCUT2D eigenvalue weighted by Gasteiger charge is 2.20. The summed E-state index contributed by atoms with van der Waals surface area (Å²) >= 11 is 0. The lowest BCUT2D eigenvalue weighted by Gasteiger charge is -2.14. The molecule has 0 spiro atoms. The second-order valence-corrected chi connectivity index (χ2v) is 3.42. The summed E-state index contributed by atoms with van der Waals surface area (Å²) in [5.41, 5.74) is 0.929. The molecule has 0 amide bonds. The van der Waals surface area contributed by atoms with Crippen LogP contribution >= 0.6 is 0 Å². The molecular weight excluding hydrogens is 193 g/mol. The molecule has 80 valence electrons. The molecule has 3 N–H and O–H groups in total. The molecule has 0 aromatic heterocycles. The number of nitrogens with one attached hydrogen (secondary N) is 1. The zero-order valence-corrected chi connectivity index (χ0v) is 8.55. The second kappa shape index (κ2) is 5.53. The first-order chi connectivity index (χ1) is 7.09. The van der Waals surface area contributed by atoms with Gasteiger partial charge in [0.15, 0.2) is 0 Å². The van der Waals surface area contributed by atoms with Crippen LogP contribution in [0.4, 0.5) is 0 Å². The van der Waals surface area contributed by atoms with Crippen LogP contribution in [0, 0.1) is 0 Å². The summed E-state index contributed by atoms with van der Waals surface area (Å²) in [5.74, 6) is -0.959. The summed E-state index contributed by atoms with van der Waals surface area (Å²) in [5, 5.41) is 20.6. The Bertz CT molecular complexity index is 316. The van der Waals surface area contributed by atoms with E-state index in [4.69, 9.17) is 10.1 Å². The van der Waals surface area contributed by atoms with Crippen molar-refractivity contribution < 1.29 is 14.9 Å². The number of hydrogen-bond acceptors (Lipinski definition) is 3. The third kappa shape index (κ3) is 4.14. The van der Waals surface area contributed by atoms with E-state index in [9.17, 15) is 4.79 Å². The van der Waals surface area contributed by atoms with Gasteiger partial charge in [-0.25, -0.2) is 0 Å². The summed E-state index contributed by atoms with van der Waals surface area (Å²) in [4.78, 5) is 10.9. The highest BCUT2D eigenvalue weighted by atomic mass is 16.4. The van der Waals surface area contributed by atoms with Gasteiger partial charge in [0.2, 0.25) is 0 Å². The average molecular weight is 207 g/mol. The standard InChI is InChI=1S/C10H14BNO3/c1-11(15)12-9(10(13)14)7-8-5-3-2-4-6-8/h2-6,9,12,15H,7H2,1H3,(H,13,14). The Balaban J connectivity index is 2.63. The summed E-state index contributed by atoms with van der Waals surface area (Å²) < 4.78 is 0. The molecule has 0 saturated heterocycles. The number of carboxylic acids is 1. The van der Waals surface area contributed by atoms with E-state index in [-0.39, 0.29) is 0 Å². The highest BCUT2D eigenvalue weighted by Crippen LogP contribution is 2.03. The van der Waals surface area contributed by atoms with Crippen molar-refractivity contribution in [2.45, 2.75) is 19.3 Å². The molecule has 1 atom stereocenters. The van der Waals surface area contributed by atoms with Crippen LogP contribution in [0.25, 0.3) is 0 Å². The number of carbonyl (C=O) groups is 1. The van der Waals surface area contributed by atoms with Crippen LogP contribution in [0.15, 0.2) is 30.3 Å². The SMILES string of the molecule is CB(O)NC(Cc1ccccc1)C(=O)O. The predicted molar refractivity (Wildman–Crippen MR) is 58.5 cm³/mol. The largest absolute Gasteiger partial charge is 0.480 e. The fourth-order valence-electron chi connectivity index (χ4n) is 1.36. The van der Waals surface area contributed by atoms with Crippen LogP contribution in [0.5, 0.6) is 0 Å². The molecule has 1 aromatic carbocycles. The molecule has 0 aliphatic heterocycles. The summed E-state index contributed by atoms with van der Waals surface area (Å²) in [6.07, 6.45) is 0.362. The van der Waals surface area contributed by atoms with E-state index in [1.165, 1.54) is 6.82 Å². The monoisotopic (exact) mass is 207 g/mol. The van der Waals surface area contributed by atoms with E-state index < -0.39 is 19.1 Å². The van der Waals surface area contributed by atoms with Crippen molar-refractivity contribution in [3.8, 4) is 0 Å². The van der Waals surface area contributed by atoms with Crippen molar-refractivity contribution in [2.75, 3.05) is 0 Å². The van der Waals surface area contributed by atoms with Crippen LogP contribution in [0.1, 0.15) is 5.56 Å². The highest BCUT2D eigenvalue weighted by molar-refractivity contribution is 6.46. The van der Waals surface area contributed by atoms with Gasteiger partial charge in [0.1, 0.15) is 6.04 Å². The zero-order chi connectivity index (χ0) is 11.3. The second-order valence-electron chi connectivity index (χ2n) is 3.42. The van der Waals surface area contributed by atoms with Gasteiger partial charge in [-0.05, 0) is 18.8 Å². The first-order valence-electron chi connectivity index (χ1n) is 4.80. The Morgan fingerprint density at radius 3 is 2.53 bits per heavy atom. The summed E-state index contributed by atoms with van der Waals surface area (Å²) in [7, 11) is -0.824. The minimum atomic E-state index is -0.959. The van der Waals surface area contributed by atoms with Crippen LogP contribution < -0.4 is 5.23 Å². The number of aliphatic carboxylic acids is 1. The molecule has 0 aliphatic carbocycles. The number of rotatable bonds is 5. The van der Waals surface area contributed by atoms with Crippen LogP contribution in [0.3, 0.4) is 0 Å². The van der Waals surface area contributed by atoms with Crippen LogP contribution in [-0.4, -0.2) is 29.2 Å². The van der Waals surface area contributed by atoms with Gasteiger partial charge in [-0.3, -0.25) is 4.79 Å². The van der Waals surface area contributed by atoms with Crippen molar-refractivity contribution in [1.82, 2.24) is 5.23 Å². The first kappa shape index (κ1) is 11.7. The molecular formula is C10H14BNO3. The van der Waals surface area contributed by atoms with Gasteiger partial charge in [-0.2, -0.15) is 0 Å². The minimum Gasteiger partial charge on any atom is -0.480 e. The molecule has 1 unspecified atom stereocenters. The van der Waals surface area contributed by atoms with E-state index in [2.05, 4.69) is 5.23 Å². The molecule has 0 heterocycles. The Kier molecular flexibility index (Phi) is 4.33. The lowest BCUT2D eigenvalue weighted by atomic mass is 9.86. The lowest BCUT2D eigenvalue weighted by molar-refractivity contribution is -0.139. The number of benzene rings is 1. The topological polar surface area (TPSA) is 69.6 Å². The van der Waals surface area contributed by atoms with Gasteiger partial charge in [0, 0.05) is 0 Å². The van der Waals surface area contributed by atoms with Gasteiger partial charge in [-0.1, -0.05) is 30.3 Å². The van der Waals surface area contributed by atoms with Gasteiger partial charge in [-0.15, -0.1) is 0 Å². The smallest absolute Gasteiger partial charge is 0.374 e. The Labute approximate surface area is 89.1 Å². The molecule has 1 aromatic rings. The number of carboxylic acid groups (broad SMARTS) is 1. The van der Waals surface area contributed by atoms with Crippen LogP contribution in [-0.2, 0) is 11.2 Å². The molecule has 0 radical (unpaired) electrons. The molecule has 1 rings (SSSR count). The Hall–Kier alpha value is -1.33. The van der Waals surface area contributed by atoms with E-state index in [0.717, 1.165) is 5.56 Å². The van der Waals surface area contributed by atoms with E-state index in [1.54, 1.807) is 0 Å². The van der Waals surface area contributed by atoms with Crippen molar-refractivity contribution in [1.29, 1.82) is 0 Å². The van der Waals surface area contributed by atoms with Gasteiger partial charge < -0.3 is 15.4 Å². The van der Waals surface area contributed by atoms with E-state index >= 15 is 0 Å². The lowest BCUT2D eigenvalue weighted by Crippen LogP contribution is -2.46. The molecule has 0 fully saturated rings. The van der Waals surface area contributed by atoms with Crippen LogP contribution in [0.2, 0.25) is 6.82 Å². The fraction of sp³-hybridized carbons (Fsp3) is 0.300. The molecule has 0 bridgehead atoms. The van der Waals surface area contributed by atoms with Crippen molar-refractivity contribution in [3.63, 3.8) is 0 Å². The van der Waals surface area contributed by atoms with Crippen molar-refractivity contribution in [2.24, 2.45) is 0 Å². The zero-order valence-electron chi connectivity index (χ0n) is 8.55. The Morgan fingerprint density at radius 1 is 1.47 bits per heavy atom. The molecule has 4 nitrogen and oxygen atoms in total. The maximum absolute atomic E-state index is 10.9. The summed E-state index contributed by atoms with van der Waals surface area (Å²) in [6.45, 7) is 1.50. The fourth-order valence-corrected chi connectivity index (χ4v) is 1.36. The predicted octanol–water partition coefficient (Wildman–Crippen LogP) is 0.382. The minimum absolute atomic E-state index is 0.362. The third-order valence-electron chi connectivity index (χ3n) is 2.02. The van der Waals surface area contributed by atoms with E-state index in [0.29, 0.717) is 6.42 Å². The average Bonchev–Trinajstić information content (AvgIpc) is 2.17. The van der Waals surface area contributed by atoms with Crippen molar-refractivity contribution >= 4 is 13.0 Å². The van der Waals surface area contributed by atoms with Gasteiger partial charge in [0.25, 0.3) is 0 Å². The quantitative estimate of drug-likeness (QED) is 0.610. The summed E-state index contributed by atoms with van der Waals surface area (Å²) in [6, 6.07) is 8.56. The maximum Gasteiger partial charge on any atom is 0.374 e. The van der Waals surface area contributed by atoms with Crippen molar-refractivity contribution in [3.05, 3.63) is 35.9 Å². The molecule has 0 saturated carbocycles. The third-order valence-corrected chi connectivity index (χ3v) is 2.02. The van der Waals surface area contributed by atoms with E-state index in [1.807, 2.05) is 30.3 Å². The number of hydrogen-bond donors (Lipinski definition) is 3. The Morgan fingerprint density at radius 2 is 2.07 bits per heavy atom. The van der Waals surface area contributed by atoms with Gasteiger partial charge >= 0.3 is 13.0 Å². The normalized spacial score (nSPS) is 12.1. The molecule has 5 heteroatoms. The van der Waals surface area contributed by atoms with Gasteiger partial charge in [0.05, 0.1) is 0 Å². The molecule has 0 aliphatic rings. The maximum atomic E-state index is 10.9. The first-order valence-corrected chi connectivity index (χ1v) is 4.80.